The van der Waals surface area contributed by atoms with E-state index >= 15 is 0 Å². The molecule has 0 radical (unpaired) electrons. The number of ether oxygens (including phenoxy) is 1. The molecule has 33 heavy (non-hydrogen) atoms. The van der Waals surface area contributed by atoms with E-state index in [1.807, 2.05) is 53.8 Å². The lowest BCUT2D eigenvalue weighted by Gasteiger charge is -2.11. The summed E-state index contributed by atoms with van der Waals surface area (Å²) in [5.41, 5.74) is 9.41. The van der Waals surface area contributed by atoms with Crippen molar-refractivity contribution in [2.75, 3.05) is 19.0 Å². The lowest BCUT2D eigenvalue weighted by Crippen LogP contribution is -2.12. The summed E-state index contributed by atoms with van der Waals surface area (Å²) in [5, 5.41) is 12.7. The van der Waals surface area contributed by atoms with Gasteiger partial charge in [0.2, 0.25) is 5.82 Å². The first-order valence-corrected chi connectivity index (χ1v) is 10.5. The Hall–Kier alpha value is -4.25. The van der Waals surface area contributed by atoms with Gasteiger partial charge in [-0.2, -0.15) is 5.10 Å². The zero-order valence-electron chi connectivity index (χ0n) is 18.6. The van der Waals surface area contributed by atoms with Gasteiger partial charge in [0, 0.05) is 62.8 Å². The normalized spacial score (nSPS) is 11.3. The Morgan fingerprint density at radius 3 is 2.76 bits per heavy atom. The van der Waals surface area contributed by atoms with Crippen LogP contribution in [-0.2, 0) is 13.6 Å². The minimum Gasteiger partial charge on any atom is -0.497 e. The summed E-state index contributed by atoms with van der Waals surface area (Å²) in [6, 6.07) is 5.57. The number of rotatable bonds is 7. The molecule has 0 saturated carbocycles. The lowest BCUT2D eigenvalue weighted by molar-refractivity contribution is 0.414. The van der Waals surface area contributed by atoms with Crippen molar-refractivity contribution >= 4 is 17.2 Å². The summed E-state index contributed by atoms with van der Waals surface area (Å²) in [6.07, 6.45) is 9.14. The van der Waals surface area contributed by atoms with Crippen LogP contribution in [0.4, 0.5) is 11.6 Å². The van der Waals surface area contributed by atoms with Crippen LogP contribution in [0.5, 0.6) is 5.75 Å². The molecule has 0 aliphatic rings. The minimum absolute atomic E-state index is 0.467. The number of methoxy groups -OCH3 is 1. The molecule has 0 aromatic carbocycles. The molecular weight excluding hydrogens is 420 g/mol. The molecule has 0 saturated heterocycles. The van der Waals surface area contributed by atoms with Gasteiger partial charge in [-0.05, 0) is 24.6 Å². The van der Waals surface area contributed by atoms with E-state index in [0.717, 1.165) is 22.3 Å². The van der Waals surface area contributed by atoms with Gasteiger partial charge in [-0.1, -0.05) is 0 Å². The molecule has 0 aliphatic heterocycles. The first kappa shape index (κ1) is 20.6. The Morgan fingerprint density at radius 2 is 2.00 bits per heavy atom. The van der Waals surface area contributed by atoms with Gasteiger partial charge in [0.25, 0.3) is 0 Å². The van der Waals surface area contributed by atoms with E-state index in [0.29, 0.717) is 42.1 Å². The first-order valence-electron chi connectivity index (χ1n) is 10.5. The second-order valence-electron chi connectivity index (χ2n) is 7.56. The number of hydrogen-bond acceptors (Lipinski definition) is 8. The monoisotopic (exact) mass is 444 g/mol. The minimum atomic E-state index is 0.467. The van der Waals surface area contributed by atoms with E-state index in [4.69, 9.17) is 20.6 Å². The van der Waals surface area contributed by atoms with E-state index < -0.39 is 0 Å². The van der Waals surface area contributed by atoms with Crippen molar-refractivity contribution in [3.8, 4) is 28.7 Å². The smallest absolute Gasteiger partial charge is 0.218 e. The second-order valence-corrected chi connectivity index (χ2v) is 7.56. The summed E-state index contributed by atoms with van der Waals surface area (Å²) in [4.78, 5) is 13.7. The van der Waals surface area contributed by atoms with E-state index in [1.165, 1.54) is 0 Å². The molecule has 168 valence electrons. The van der Waals surface area contributed by atoms with Crippen LogP contribution in [0, 0.1) is 6.92 Å². The van der Waals surface area contributed by atoms with Gasteiger partial charge in [0.05, 0.1) is 12.8 Å². The number of nitrogens with zero attached hydrogens (tertiary/aromatic N) is 8. The Kier molecular flexibility index (Phi) is 5.23. The van der Waals surface area contributed by atoms with Gasteiger partial charge in [-0.3, -0.25) is 4.68 Å². The summed E-state index contributed by atoms with van der Waals surface area (Å²) >= 11 is 0. The summed E-state index contributed by atoms with van der Waals surface area (Å²) < 4.78 is 10.9. The van der Waals surface area contributed by atoms with Crippen LogP contribution in [0.3, 0.4) is 0 Å². The molecule has 0 amide bonds. The number of fused-ring (bicyclic) bond motifs is 1. The van der Waals surface area contributed by atoms with Gasteiger partial charge in [-0.15, -0.1) is 5.10 Å². The Labute approximate surface area is 189 Å². The molecule has 5 heterocycles. The van der Waals surface area contributed by atoms with Crippen molar-refractivity contribution in [1.29, 1.82) is 0 Å². The van der Waals surface area contributed by atoms with Crippen LogP contribution in [0.1, 0.15) is 5.56 Å². The predicted molar refractivity (Wildman–Crippen MR) is 124 cm³/mol. The third kappa shape index (κ3) is 3.78. The van der Waals surface area contributed by atoms with Crippen molar-refractivity contribution in [1.82, 2.24) is 38.9 Å². The highest BCUT2D eigenvalue weighted by atomic mass is 16.5. The zero-order chi connectivity index (χ0) is 22.9. The van der Waals surface area contributed by atoms with Crippen LogP contribution < -0.4 is 15.8 Å². The van der Waals surface area contributed by atoms with E-state index in [9.17, 15) is 0 Å². The molecule has 3 N–H and O–H groups in total. The third-order valence-corrected chi connectivity index (χ3v) is 5.37. The van der Waals surface area contributed by atoms with Crippen molar-refractivity contribution in [2.24, 2.45) is 12.8 Å². The number of pyridine rings is 1. The van der Waals surface area contributed by atoms with Gasteiger partial charge < -0.3 is 20.4 Å². The maximum Gasteiger partial charge on any atom is 0.218 e. The molecule has 5 rings (SSSR count). The highest BCUT2D eigenvalue weighted by molar-refractivity contribution is 5.84. The fourth-order valence-electron chi connectivity index (χ4n) is 3.79. The largest absolute Gasteiger partial charge is 0.497 e. The van der Waals surface area contributed by atoms with E-state index in [2.05, 4.69) is 20.4 Å². The predicted octanol–water partition coefficient (Wildman–Crippen LogP) is 2.41. The molecule has 0 atom stereocenters. The summed E-state index contributed by atoms with van der Waals surface area (Å²) in [6.45, 7) is 3.12. The average molecular weight is 445 g/mol. The molecule has 0 unspecified atom stereocenters. The molecule has 0 bridgehead atoms. The highest BCUT2D eigenvalue weighted by Crippen LogP contribution is 2.32. The fraction of sp³-hybridized carbons (Fsp3) is 0.227. The maximum absolute atomic E-state index is 5.77. The molecular formula is C22H24N10O. The topological polar surface area (TPSA) is 126 Å². The molecule has 11 nitrogen and oxygen atoms in total. The molecule has 0 aliphatic carbocycles. The zero-order valence-corrected chi connectivity index (χ0v) is 18.6. The molecule has 5 aromatic heterocycles. The number of aryl methyl sites for hydroxylation is 2. The van der Waals surface area contributed by atoms with Crippen molar-refractivity contribution in [2.45, 2.75) is 13.5 Å². The number of hydrogen-bond donors (Lipinski definition) is 2. The van der Waals surface area contributed by atoms with Crippen molar-refractivity contribution in [3.63, 3.8) is 0 Å². The number of imidazole rings is 1. The van der Waals surface area contributed by atoms with Crippen LogP contribution in [-0.4, -0.2) is 52.6 Å². The second kappa shape index (κ2) is 8.36. The van der Waals surface area contributed by atoms with Crippen molar-refractivity contribution < 1.29 is 4.74 Å². The lowest BCUT2D eigenvalue weighted by atomic mass is 10.1. The SMILES string of the molecule is COc1ccnc(Nc2nc(-c3nccn3CCN)nn3cc(-c4ccn(C)n4)c(C)c23)c1. The quantitative estimate of drug-likeness (QED) is 0.392. The van der Waals surface area contributed by atoms with Crippen LogP contribution in [0.2, 0.25) is 0 Å². The van der Waals surface area contributed by atoms with Crippen LogP contribution >= 0.6 is 0 Å². The van der Waals surface area contributed by atoms with Gasteiger partial charge in [0.1, 0.15) is 17.1 Å². The van der Waals surface area contributed by atoms with E-state index in [1.54, 1.807) is 30.3 Å². The standard InChI is InChI=1S/C22H24N10O/c1-14-16(17-5-9-30(2)28-17)13-32-19(14)20(26-18-12-15(33-3)4-7-24-18)27-21(29-32)22-25-8-11-31(22)10-6-23/h4-5,7-9,11-13H,6,10,23H2,1-3H3,(H,24,26,27,29). The summed E-state index contributed by atoms with van der Waals surface area (Å²) in [5.74, 6) is 3.00. The maximum atomic E-state index is 5.77. The Balaban J connectivity index is 1.70. The van der Waals surface area contributed by atoms with Gasteiger partial charge in [-0.25, -0.2) is 19.5 Å². The first-order chi connectivity index (χ1) is 16.1. The number of nitrogens with two attached hydrogens (primary N) is 1. The fourth-order valence-corrected chi connectivity index (χ4v) is 3.79. The summed E-state index contributed by atoms with van der Waals surface area (Å²) in [7, 11) is 3.51. The van der Waals surface area contributed by atoms with Gasteiger partial charge >= 0.3 is 0 Å². The van der Waals surface area contributed by atoms with Crippen LogP contribution in [0.15, 0.2) is 49.2 Å². The Morgan fingerprint density at radius 1 is 1.12 bits per heavy atom. The van der Waals surface area contributed by atoms with Gasteiger partial charge in [0.15, 0.2) is 11.6 Å². The molecule has 11 heteroatoms. The number of anilines is 2. The molecule has 0 fully saturated rings. The molecule has 0 spiro atoms. The van der Waals surface area contributed by atoms with E-state index in [-0.39, 0.29) is 0 Å². The van der Waals surface area contributed by atoms with Crippen LogP contribution in [0.25, 0.3) is 28.4 Å². The highest BCUT2D eigenvalue weighted by Gasteiger charge is 2.20. The van der Waals surface area contributed by atoms with Crippen molar-refractivity contribution in [3.05, 3.63) is 54.7 Å². The number of aromatic nitrogens is 8. The number of nitrogens with one attached hydrogen (secondary N) is 1. The third-order valence-electron chi connectivity index (χ3n) is 5.37. The average Bonchev–Trinajstić information content (AvgIpc) is 3.53. The molecule has 5 aromatic rings. The Bertz CT molecular complexity index is 1430.